The van der Waals surface area contributed by atoms with Gasteiger partial charge < -0.3 is 11.1 Å². The lowest BCUT2D eigenvalue weighted by molar-refractivity contribution is 0.0999. The second kappa shape index (κ2) is 8.11. The smallest absolute Gasteiger partial charge is 0.248 e. The van der Waals surface area contributed by atoms with Crippen LogP contribution in [0.4, 0.5) is 17.2 Å². The number of nitrogens with one attached hydrogen (secondary N) is 1. The molecule has 0 radical (unpaired) electrons. The first-order chi connectivity index (χ1) is 14.1. The van der Waals surface area contributed by atoms with E-state index in [9.17, 15) is 13.2 Å². The highest BCUT2D eigenvalue weighted by atomic mass is 32.2. The van der Waals surface area contributed by atoms with Crippen LogP contribution in [0.1, 0.15) is 21.5 Å². The van der Waals surface area contributed by atoms with Crippen LogP contribution in [-0.4, -0.2) is 37.6 Å². The number of aromatic nitrogens is 2. The van der Waals surface area contributed by atoms with Crippen molar-refractivity contribution in [1.82, 2.24) is 9.97 Å². The summed E-state index contributed by atoms with van der Waals surface area (Å²) >= 11 is 0. The van der Waals surface area contributed by atoms with Gasteiger partial charge in [0.1, 0.15) is 5.82 Å². The molecule has 0 bridgehead atoms. The monoisotopic (exact) mass is 425 g/mol. The molecule has 30 heavy (non-hydrogen) atoms. The molecule has 0 aliphatic heterocycles. The van der Waals surface area contributed by atoms with E-state index in [2.05, 4.69) is 15.3 Å². The van der Waals surface area contributed by atoms with Crippen LogP contribution in [0.15, 0.2) is 48.9 Å². The maximum atomic E-state index is 11.7. The zero-order valence-corrected chi connectivity index (χ0v) is 18.0. The lowest BCUT2D eigenvalue weighted by atomic mass is 9.94. The molecule has 9 heteroatoms. The van der Waals surface area contributed by atoms with Crippen molar-refractivity contribution in [3.8, 4) is 11.1 Å². The molecular weight excluding hydrogens is 402 g/mol. The Morgan fingerprint density at radius 3 is 2.40 bits per heavy atom. The minimum Gasteiger partial charge on any atom is -0.366 e. The quantitative estimate of drug-likeness (QED) is 0.627. The topological polar surface area (TPSA) is 118 Å². The molecule has 0 unspecified atom stereocenters. The van der Waals surface area contributed by atoms with Gasteiger partial charge in [0.25, 0.3) is 0 Å². The summed E-state index contributed by atoms with van der Waals surface area (Å²) in [6.45, 7) is 3.81. The Labute approximate surface area is 175 Å². The van der Waals surface area contributed by atoms with Crippen molar-refractivity contribution >= 4 is 33.1 Å². The number of nitrogens with zero attached hydrogens (tertiary/aromatic N) is 3. The maximum Gasteiger partial charge on any atom is 0.248 e. The van der Waals surface area contributed by atoms with Crippen LogP contribution in [0.25, 0.3) is 11.1 Å². The van der Waals surface area contributed by atoms with Gasteiger partial charge in [-0.1, -0.05) is 6.07 Å². The fourth-order valence-corrected chi connectivity index (χ4v) is 3.52. The van der Waals surface area contributed by atoms with Gasteiger partial charge in [-0.15, -0.1) is 0 Å². The molecule has 0 saturated heterocycles. The minimum absolute atomic E-state index is 0.444. The molecular formula is C21H23N5O3S. The Hall–Kier alpha value is -3.46. The summed E-state index contributed by atoms with van der Waals surface area (Å²) in [5.41, 5.74) is 10.7. The van der Waals surface area contributed by atoms with Gasteiger partial charge in [-0.2, -0.15) is 0 Å². The molecule has 1 amide bonds. The summed E-state index contributed by atoms with van der Waals surface area (Å²) in [5.74, 6) is 0.139. The van der Waals surface area contributed by atoms with Crippen molar-refractivity contribution in [2.75, 3.05) is 22.9 Å². The van der Waals surface area contributed by atoms with Gasteiger partial charge in [-0.3, -0.25) is 14.1 Å². The molecule has 8 nitrogen and oxygen atoms in total. The number of anilines is 3. The summed E-state index contributed by atoms with van der Waals surface area (Å²) in [4.78, 5) is 20.1. The Bertz CT molecular complexity index is 1210. The molecule has 3 rings (SSSR count). The first kappa shape index (κ1) is 21.3. The number of hydrogen-bond acceptors (Lipinski definition) is 6. The number of benzene rings is 1. The van der Waals surface area contributed by atoms with Gasteiger partial charge in [0, 0.05) is 24.4 Å². The Morgan fingerprint density at radius 2 is 1.80 bits per heavy atom. The van der Waals surface area contributed by atoms with Gasteiger partial charge >= 0.3 is 0 Å². The van der Waals surface area contributed by atoms with Gasteiger partial charge in [-0.25, -0.2) is 13.4 Å². The second-order valence-corrected chi connectivity index (χ2v) is 9.01. The van der Waals surface area contributed by atoms with E-state index in [1.807, 2.05) is 32.0 Å². The predicted octanol–water partition coefficient (Wildman–Crippen LogP) is 3.00. The van der Waals surface area contributed by atoms with Gasteiger partial charge in [0.2, 0.25) is 15.9 Å². The van der Waals surface area contributed by atoms with Crippen LogP contribution in [0, 0.1) is 13.8 Å². The number of pyridine rings is 2. The maximum absolute atomic E-state index is 11.7. The van der Waals surface area contributed by atoms with Crippen molar-refractivity contribution < 1.29 is 13.2 Å². The van der Waals surface area contributed by atoms with E-state index in [1.54, 1.807) is 24.5 Å². The third kappa shape index (κ3) is 4.41. The van der Waals surface area contributed by atoms with Crippen LogP contribution >= 0.6 is 0 Å². The largest absolute Gasteiger partial charge is 0.366 e. The van der Waals surface area contributed by atoms with Crippen LogP contribution in [-0.2, 0) is 10.0 Å². The molecule has 0 aliphatic rings. The SMILES string of the molecule is Cc1c(C(N)=O)ccc(-c2ccc(Nc3cncc(N(C)S(C)(=O)=O)c3)nc2)c1C. The van der Waals surface area contributed by atoms with E-state index in [0.717, 1.165) is 32.8 Å². The number of amides is 1. The number of nitrogens with two attached hydrogens (primary N) is 1. The molecule has 0 saturated carbocycles. The fraction of sp³-hybridized carbons (Fsp3) is 0.190. The lowest BCUT2D eigenvalue weighted by Gasteiger charge is -2.17. The van der Waals surface area contributed by atoms with E-state index in [0.29, 0.717) is 22.8 Å². The van der Waals surface area contributed by atoms with Crippen molar-refractivity contribution in [3.05, 3.63) is 65.6 Å². The predicted molar refractivity (Wildman–Crippen MR) is 118 cm³/mol. The van der Waals surface area contributed by atoms with Crippen LogP contribution in [0.3, 0.4) is 0 Å². The summed E-state index contributed by atoms with van der Waals surface area (Å²) in [5, 5.41) is 3.12. The van der Waals surface area contributed by atoms with Crippen molar-refractivity contribution in [1.29, 1.82) is 0 Å². The molecule has 1 aromatic carbocycles. The third-order valence-electron chi connectivity index (χ3n) is 4.98. The van der Waals surface area contributed by atoms with Crippen molar-refractivity contribution in [2.24, 2.45) is 5.73 Å². The number of sulfonamides is 1. The van der Waals surface area contributed by atoms with Crippen molar-refractivity contribution in [2.45, 2.75) is 13.8 Å². The van der Waals surface area contributed by atoms with Crippen LogP contribution < -0.4 is 15.4 Å². The Morgan fingerprint density at radius 1 is 1.07 bits per heavy atom. The molecule has 2 heterocycles. The highest BCUT2D eigenvalue weighted by Gasteiger charge is 2.14. The number of primary amides is 1. The summed E-state index contributed by atoms with van der Waals surface area (Å²) in [6, 6.07) is 9.00. The van der Waals surface area contributed by atoms with Crippen molar-refractivity contribution in [3.63, 3.8) is 0 Å². The molecule has 3 N–H and O–H groups in total. The summed E-state index contributed by atoms with van der Waals surface area (Å²) < 4.78 is 24.6. The molecule has 0 atom stereocenters. The van der Waals surface area contributed by atoms with Crippen LogP contribution in [0.2, 0.25) is 0 Å². The standard InChI is InChI=1S/C21H23N5O3S/c1-13-14(2)19(21(22)27)7-6-18(13)15-5-8-20(24-10-15)25-16-9-17(12-23-11-16)26(3)30(4,28)29/h5-12H,1-4H3,(H2,22,27)(H,24,25). The number of hydrogen-bond donors (Lipinski definition) is 2. The van der Waals surface area contributed by atoms with Gasteiger partial charge in [-0.05, 0) is 54.8 Å². The fourth-order valence-electron chi connectivity index (χ4n) is 3.04. The number of carbonyl (C=O) groups is 1. The molecule has 156 valence electrons. The average molecular weight is 426 g/mol. The normalized spacial score (nSPS) is 11.2. The number of carbonyl (C=O) groups excluding carboxylic acids is 1. The first-order valence-electron chi connectivity index (χ1n) is 9.10. The molecule has 0 fully saturated rings. The molecule has 0 spiro atoms. The van der Waals surface area contributed by atoms with E-state index in [-0.39, 0.29) is 0 Å². The summed E-state index contributed by atoms with van der Waals surface area (Å²) in [7, 11) is -1.91. The highest BCUT2D eigenvalue weighted by molar-refractivity contribution is 7.92. The highest BCUT2D eigenvalue weighted by Crippen LogP contribution is 2.28. The molecule has 0 aliphatic carbocycles. The van der Waals surface area contributed by atoms with Gasteiger partial charge in [0.05, 0.1) is 30.0 Å². The second-order valence-electron chi connectivity index (χ2n) is 6.99. The first-order valence-corrected chi connectivity index (χ1v) is 10.9. The Balaban J connectivity index is 1.84. The van der Waals surface area contributed by atoms with Gasteiger partial charge in [0.15, 0.2) is 0 Å². The molecule has 2 aromatic heterocycles. The third-order valence-corrected chi connectivity index (χ3v) is 6.19. The van der Waals surface area contributed by atoms with E-state index < -0.39 is 15.9 Å². The van der Waals surface area contributed by atoms with Crippen LogP contribution in [0.5, 0.6) is 0 Å². The summed E-state index contributed by atoms with van der Waals surface area (Å²) in [6.07, 6.45) is 5.93. The zero-order chi connectivity index (χ0) is 22.1. The van der Waals surface area contributed by atoms with E-state index in [1.165, 1.54) is 13.2 Å². The molecule has 3 aromatic rings. The minimum atomic E-state index is -3.38. The average Bonchev–Trinajstić information content (AvgIpc) is 2.69. The van der Waals surface area contributed by atoms with E-state index in [4.69, 9.17) is 5.73 Å². The zero-order valence-electron chi connectivity index (χ0n) is 17.2. The van der Waals surface area contributed by atoms with E-state index >= 15 is 0 Å². The Kier molecular flexibility index (Phi) is 5.75. The lowest BCUT2D eigenvalue weighted by Crippen LogP contribution is -2.24. The number of rotatable bonds is 6.